The molecule has 2 heterocycles. The minimum Gasteiger partial charge on any atom is -0.346 e. The van der Waals surface area contributed by atoms with Crippen LogP contribution in [0.2, 0.25) is 0 Å². The summed E-state index contributed by atoms with van der Waals surface area (Å²) in [5.74, 6) is 3.35. The van der Waals surface area contributed by atoms with Gasteiger partial charge < -0.3 is 15.6 Å². The van der Waals surface area contributed by atoms with E-state index in [1.807, 2.05) is 6.92 Å². The number of nitrogens with two attached hydrogens (primary N) is 1. The standard InChI is InChI=1S/C19H31N5O/c1-12(18-23-22-16-8-3-2-4-9-24(16)18)21-19(25)15-10-13-6-5-7-14(11-15)17(13)20/h12-15,17H,2-11,20H2,1H3,(H,21,25)/t12-,13?,14?,15?,17?/m1/s1. The van der Waals surface area contributed by atoms with Crippen molar-refractivity contribution in [1.82, 2.24) is 20.1 Å². The number of nitrogens with zero attached hydrogens (tertiary/aromatic N) is 3. The molecule has 2 saturated carbocycles. The average Bonchev–Trinajstić information content (AvgIpc) is 2.83. The van der Waals surface area contributed by atoms with E-state index in [4.69, 9.17) is 5.73 Å². The van der Waals surface area contributed by atoms with E-state index in [0.29, 0.717) is 17.9 Å². The second-order valence-electron chi connectivity index (χ2n) is 8.36. The number of fused-ring (bicyclic) bond motifs is 3. The smallest absolute Gasteiger partial charge is 0.223 e. The number of nitrogens with one attached hydrogen (secondary N) is 1. The molecule has 3 aliphatic rings. The van der Waals surface area contributed by atoms with Gasteiger partial charge in [0.25, 0.3) is 0 Å². The third-order valence-corrected chi connectivity index (χ3v) is 6.67. The van der Waals surface area contributed by atoms with Crippen LogP contribution < -0.4 is 11.1 Å². The summed E-state index contributed by atoms with van der Waals surface area (Å²) < 4.78 is 2.23. The molecular weight excluding hydrogens is 314 g/mol. The van der Waals surface area contributed by atoms with Gasteiger partial charge in [0, 0.05) is 24.9 Å². The minimum atomic E-state index is -0.0812. The monoisotopic (exact) mass is 345 g/mol. The first kappa shape index (κ1) is 17.0. The third-order valence-electron chi connectivity index (χ3n) is 6.67. The molecule has 3 N–H and O–H groups in total. The molecule has 0 aromatic carbocycles. The quantitative estimate of drug-likeness (QED) is 0.880. The molecule has 2 aliphatic carbocycles. The van der Waals surface area contributed by atoms with Crippen LogP contribution in [0.3, 0.4) is 0 Å². The van der Waals surface area contributed by atoms with Crippen molar-refractivity contribution in [3.63, 3.8) is 0 Å². The SMILES string of the molecule is C[C@@H](NC(=O)C1CC2CCCC(C1)C2N)c1nnc2n1CCCCC2. The van der Waals surface area contributed by atoms with Gasteiger partial charge in [-0.3, -0.25) is 4.79 Å². The second-order valence-corrected chi connectivity index (χ2v) is 8.36. The Morgan fingerprint density at radius 3 is 2.68 bits per heavy atom. The molecule has 1 aromatic heterocycles. The molecule has 0 saturated heterocycles. The largest absolute Gasteiger partial charge is 0.346 e. The van der Waals surface area contributed by atoms with Crippen molar-refractivity contribution in [2.45, 2.75) is 83.3 Å². The van der Waals surface area contributed by atoms with E-state index in [1.165, 1.54) is 38.5 Å². The van der Waals surface area contributed by atoms with Crippen LogP contribution in [0.15, 0.2) is 0 Å². The Bertz CT molecular complexity index is 613. The lowest BCUT2D eigenvalue weighted by Gasteiger charge is -2.43. The highest BCUT2D eigenvalue weighted by molar-refractivity contribution is 5.79. The fraction of sp³-hybridized carbons (Fsp3) is 0.842. The number of carbonyl (C=O) groups excluding carboxylic acids is 1. The van der Waals surface area contributed by atoms with E-state index in [9.17, 15) is 4.79 Å². The van der Waals surface area contributed by atoms with Crippen LogP contribution in [0, 0.1) is 17.8 Å². The van der Waals surface area contributed by atoms with Crippen molar-refractivity contribution in [3.8, 4) is 0 Å². The molecular formula is C19H31N5O. The van der Waals surface area contributed by atoms with Gasteiger partial charge in [0.1, 0.15) is 5.82 Å². The zero-order valence-electron chi connectivity index (χ0n) is 15.3. The van der Waals surface area contributed by atoms with Gasteiger partial charge in [-0.05, 0) is 57.3 Å². The van der Waals surface area contributed by atoms with Gasteiger partial charge >= 0.3 is 0 Å². The molecule has 1 aliphatic heterocycles. The Morgan fingerprint density at radius 1 is 1.16 bits per heavy atom. The summed E-state index contributed by atoms with van der Waals surface area (Å²) in [6.45, 7) is 3.01. The predicted molar refractivity (Wildman–Crippen MR) is 95.7 cm³/mol. The summed E-state index contributed by atoms with van der Waals surface area (Å²) in [7, 11) is 0. The Labute approximate surface area is 149 Å². The molecule has 138 valence electrons. The summed E-state index contributed by atoms with van der Waals surface area (Å²) in [5.41, 5.74) is 6.36. The van der Waals surface area contributed by atoms with Crippen LogP contribution in [-0.2, 0) is 17.8 Å². The highest BCUT2D eigenvalue weighted by atomic mass is 16.2. The Kier molecular flexibility index (Phi) is 4.80. The van der Waals surface area contributed by atoms with Gasteiger partial charge in [-0.1, -0.05) is 12.8 Å². The van der Waals surface area contributed by atoms with Crippen LogP contribution in [0.5, 0.6) is 0 Å². The molecule has 1 aromatic rings. The predicted octanol–water partition coefficient (Wildman–Crippen LogP) is 2.34. The average molecular weight is 345 g/mol. The van der Waals surface area contributed by atoms with Crippen LogP contribution >= 0.6 is 0 Å². The maximum atomic E-state index is 12.9. The van der Waals surface area contributed by atoms with E-state index in [2.05, 4.69) is 20.1 Å². The fourth-order valence-electron chi connectivity index (χ4n) is 5.23. The van der Waals surface area contributed by atoms with E-state index in [1.54, 1.807) is 0 Å². The van der Waals surface area contributed by atoms with E-state index in [-0.39, 0.29) is 17.9 Å². The Hall–Kier alpha value is -1.43. The number of hydrogen-bond donors (Lipinski definition) is 2. The first-order valence-corrected chi connectivity index (χ1v) is 10.1. The maximum Gasteiger partial charge on any atom is 0.223 e. The zero-order valence-corrected chi connectivity index (χ0v) is 15.3. The molecule has 2 bridgehead atoms. The summed E-state index contributed by atoms with van der Waals surface area (Å²) in [6.07, 6.45) is 10.2. The molecule has 6 heteroatoms. The van der Waals surface area contributed by atoms with Crippen molar-refractivity contribution in [1.29, 1.82) is 0 Å². The lowest BCUT2D eigenvalue weighted by molar-refractivity contribution is -0.128. The van der Waals surface area contributed by atoms with Crippen LogP contribution in [0.1, 0.15) is 76.0 Å². The van der Waals surface area contributed by atoms with Gasteiger partial charge in [-0.2, -0.15) is 0 Å². The van der Waals surface area contributed by atoms with Gasteiger partial charge in [0.05, 0.1) is 6.04 Å². The first-order chi connectivity index (χ1) is 12.1. The number of hydrogen-bond acceptors (Lipinski definition) is 4. The number of amides is 1. The minimum absolute atomic E-state index is 0.0812. The van der Waals surface area contributed by atoms with Gasteiger partial charge in [-0.25, -0.2) is 0 Å². The molecule has 0 radical (unpaired) electrons. The topological polar surface area (TPSA) is 85.8 Å². The number of aromatic nitrogens is 3. The normalized spacial score (nSPS) is 33.2. The summed E-state index contributed by atoms with van der Waals surface area (Å²) >= 11 is 0. The van der Waals surface area contributed by atoms with Gasteiger partial charge in [-0.15, -0.1) is 10.2 Å². The summed E-state index contributed by atoms with van der Waals surface area (Å²) in [6, 6.07) is 0.227. The van der Waals surface area contributed by atoms with Crippen molar-refractivity contribution in [3.05, 3.63) is 11.6 Å². The van der Waals surface area contributed by atoms with Crippen molar-refractivity contribution in [2.24, 2.45) is 23.5 Å². The van der Waals surface area contributed by atoms with E-state index < -0.39 is 0 Å². The second kappa shape index (κ2) is 7.06. The van der Waals surface area contributed by atoms with Crippen molar-refractivity contribution >= 4 is 5.91 Å². The number of rotatable bonds is 3. The number of carbonyl (C=O) groups is 1. The summed E-state index contributed by atoms with van der Waals surface area (Å²) in [5, 5.41) is 12.0. The molecule has 0 spiro atoms. The highest BCUT2D eigenvalue weighted by Gasteiger charge is 2.40. The van der Waals surface area contributed by atoms with Gasteiger partial charge in [0.2, 0.25) is 5.91 Å². The number of aryl methyl sites for hydroxylation is 1. The van der Waals surface area contributed by atoms with Crippen LogP contribution in [-0.4, -0.2) is 26.7 Å². The van der Waals surface area contributed by atoms with Crippen LogP contribution in [0.4, 0.5) is 0 Å². The lowest BCUT2D eigenvalue weighted by atomic mass is 9.65. The van der Waals surface area contributed by atoms with Gasteiger partial charge in [0.15, 0.2) is 5.82 Å². The lowest BCUT2D eigenvalue weighted by Crippen LogP contribution is -2.49. The molecule has 4 rings (SSSR count). The maximum absolute atomic E-state index is 12.9. The van der Waals surface area contributed by atoms with E-state index in [0.717, 1.165) is 37.5 Å². The molecule has 2 fully saturated rings. The molecule has 25 heavy (non-hydrogen) atoms. The van der Waals surface area contributed by atoms with Crippen LogP contribution in [0.25, 0.3) is 0 Å². The highest BCUT2D eigenvalue weighted by Crippen LogP contribution is 2.42. The summed E-state index contributed by atoms with van der Waals surface area (Å²) in [4.78, 5) is 12.9. The zero-order chi connectivity index (χ0) is 17.4. The molecule has 2 unspecified atom stereocenters. The van der Waals surface area contributed by atoms with Crippen molar-refractivity contribution in [2.75, 3.05) is 0 Å². The fourth-order valence-corrected chi connectivity index (χ4v) is 5.23. The molecule has 6 nitrogen and oxygen atoms in total. The Morgan fingerprint density at radius 2 is 1.92 bits per heavy atom. The molecule has 1 amide bonds. The van der Waals surface area contributed by atoms with Crippen molar-refractivity contribution < 1.29 is 4.79 Å². The molecule has 3 atom stereocenters. The van der Waals surface area contributed by atoms with E-state index >= 15 is 0 Å². The third kappa shape index (κ3) is 3.33. The first-order valence-electron chi connectivity index (χ1n) is 10.1. The Balaban J connectivity index is 1.42.